The van der Waals surface area contributed by atoms with Gasteiger partial charge in [0.15, 0.2) is 0 Å². The van der Waals surface area contributed by atoms with Crippen LogP contribution >= 0.6 is 11.6 Å². The van der Waals surface area contributed by atoms with Gasteiger partial charge in [-0.2, -0.15) is 0 Å². The third-order valence-electron chi connectivity index (χ3n) is 5.43. The molecule has 7 heteroatoms. The highest BCUT2D eigenvalue weighted by Crippen LogP contribution is 2.26. The van der Waals surface area contributed by atoms with Crippen LogP contribution in [-0.4, -0.2) is 61.3 Å². The lowest BCUT2D eigenvalue weighted by Gasteiger charge is -2.36. The predicted octanol–water partition coefficient (Wildman–Crippen LogP) is 3.56. The van der Waals surface area contributed by atoms with Crippen molar-refractivity contribution in [2.24, 2.45) is 0 Å². The SMILES string of the molecule is Cc1cccc(N2CCN(C(=O)c3cnc(OC4CCOCC4)c(Cl)c3)CC2)c1. The number of piperazine rings is 1. The van der Waals surface area contributed by atoms with Gasteiger partial charge in [-0.25, -0.2) is 4.98 Å². The Morgan fingerprint density at radius 3 is 2.62 bits per heavy atom. The average molecular weight is 416 g/mol. The second-order valence-electron chi connectivity index (χ2n) is 7.56. The van der Waals surface area contributed by atoms with E-state index >= 15 is 0 Å². The highest BCUT2D eigenvalue weighted by molar-refractivity contribution is 6.32. The molecule has 2 aromatic rings. The normalized spacial score (nSPS) is 18.0. The molecule has 2 aliphatic heterocycles. The van der Waals surface area contributed by atoms with E-state index in [-0.39, 0.29) is 12.0 Å². The summed E-state index contributed by atoms with van der Waals surface area (Å²) < 4.78 is 11.2. The van der Waals surface area contributed by atoms with E-state index in [0.717, 1.165) is 25.9 Å². The number of aryl methyl sites for hydroxylation is 1. The number of aromatic nitrogens is 1. The molecule has 2 aliphatic rings. The number of nitrogens with zero attached hydrogens (tertiary/aromatic N) is 3. The van der Waals surface area contributed by atoms with Crippen molar-refractivity contribution in [2.75, 3.05) is 44.3 Å². The van der Waals surface area contributed by atoms with Crippen LogP contribution in [0, 0.1) is 6.92 Å². The Labute approximate surface area is 176 Å². The first-order valence-corrected chi connectivity index (χ1v) is 10.5. The van der Waals surface area contributed by atoms with Crippen LogP contribution in [0.15, 0.2) is 36.5 Å². The minimum atomic E-state index is -0.0408. The number of hydrogen-bond donors (Lipinski definition) is 0. The maximum Gasteiger partial charge on any atom is 0.255 e. The quantitative estimate of drug-likeness (QED) is 0.764. The second kappa shape index (κ2) is 9.01. The van der Waals surface area contributed by atoms with Gasteiger partial charge < -0.3 is 19.3 Å². The van der Waals surface area contributed by atoms with Crippen LogP contribution in [0.2, 0.25) is 5.02 Å². The molecule has 0 aliphatic carbocycles. The Bertz CT molecular complexity index is 862. The van der Waals surface area contributed by atoms with Gasteiger partial charge in [-0.15, -0.1) is 0 Å². The number of ether oxygens (including phenoxy) is 2. The van der Waals surface area contributed by atoms with E-state index in [1.54, 1.807) is 12.3 Å². The number of rotatable bonds is 4. The zero-order valence-corrected chi connectivity index (χ0v) is 17.4. The Morgan fingerprint density at radius 2 is 1.93 bits per heavy atom. The van der Waals surface area contributed by atoms with Gasteiger partial charge in [0.05, 0.1) is 18.8 Å². The zero-order valence-electron chi connectivity index (χ0n) is 16.6. The van der Waals surface area contributed by atoms with E-state index in [1.165, 1.54) is 11.3 Å². The van der Waals surface area contributed by atoms with Gasteiger partial charge in [-0.3, -0.25) is 4.79 Å². The Kier molecular flexibility index (Phi) is 6.21. The summed E-state index contributed by atoms with van der Waals surface area (Å²) >= 11 is 6.35. The number of carbonyl (C=O) groups is 1. The first kappa shape index (κ1) is 20.0. The van der Waals surface area contributed by atoms with E-state index in [2.05, 4.69) is 41.1 Å². The van der Waals surface area contributed by atoms with Crippen molar-refractivity contribution in [3.05, 3.63) is 52.7 Å². The molecule has 3 heterocycles. The highest BCUT2D eigenvalue weighted by Gasteiger charge is 2.24. The molecule has 2 saturated heterocycles. The third kappa shape index (κ3) is 4.82. The van der Waals surface area contributed by atoms with Gasteiger partial charge in [0.2, 0.25) is 5.88 Å². The summed E-state index contributed by atoms with van der Waals surface area (Å²) in [6.07, 6.45) is 3.27. The average Bonchev–Trinajstić information content (AvgIpc) is 2.75. The van der Waals surface area contributed by atoms with E-state index < -0.39 is 0 Å². The molecule has 0 radical (unpaired) electrons. The minimum absolute atomic E-state index is 0.0408. The number of halogens is 1. The van der Waals surface area contributed by atoms with E-state index in [0.29, 0.717) is 42.8 Å². The standard InChI is InChI=1S/C22H26ClN3O3/c1-16-3-2-4-18(13-16)25-7-9-26(10-8-25)22(27)17-14-20(23)21(24-15-17)29-19-5-11-28-12-6-19/h2-4,13-15,19H,5-12H2,1H3. The lowest BCUT2D eigenvalue weighted by atomic mass is 10.1. The molecule has 0 unspecified atom stereocenters. The minimum Gasteiger partial charge on any atom is -0.473 e. The molecule has 1 amide bonds. The number of anilines is 1. The fraction of sp³-hybridized carbons (Fsp3) is 0.455. The van der Waals surface area contributed by atoms with Gasteiger partial charge in [0.25, 0.3) is 5.91 Å². The first-order chi connectivity index (χ1) is 14.1. The molecule has 0 bridgehead atoms. The van der Waals surface area contributed by atoms with Crippen molar-refractivity contribution in [3.63, 3.8) is 0 Å². The summed E-state index contributed by atoms with van der Waals surface area (Å²) in [4.78, 5) is 21.4. The molecular weight excluding hydrogens is 390 g/mol. The molecule has 1 aromatic carbocycles. The molecule has 2 fully saturated rings. The lowest BCUT2D eigenvalue weighted by molar-refractivity contribution is 0.0238. The molecule has 154 valence electrons. The molecule has 6 nitrogen and oxygen atoms in total. The summed E-state index contributed by atoms with van der Waals surface area (Å²) in [7, 11) is 0. The van der Waals surface area contributed by atoms with Gasteiger partial charge in [-0.1, -0.05) is 23.7 Å². The van der Waals surface area contributed by atoms with Crippen LogP contribution < -0.4 is 9.64 Å². The summed E-state index contributed by atoms with van der Waals surface area (Å²) in [6, 6.07) is 10.1. The van der Waals surface area contributed by atoms with Crippen LogP contribution in [0.1, 0.15) is 28.8 Å². The monoisotopic (exact) mass is 415 g/mol. The zero-order chi connectivity index (χ0) is 20.2. The van der Waals surface area contributed by atoms with Crippen LogP contribution in [0.5, 0.6) is 5.88 Å². The van der Waals surface area contributed by atoms with Crippen LogP contribution in [0.25, 0.3) is 0 Å². The summed E-state index contributed by atoms with van der Waals surface area (Å²) in [5, 5.41) is 0.376. The molecule has 4 rings (SSSR count). The number of pyridine rings is 1. The number of hydrogen-bond acceptors (Lipinski definition) is 5. The summed E-state index contributed by atoms with van der Waals surface area (Å²) in [5.74, 6) is 0.347. The van der Waals surface area contributed by atoms with Gasteiger partial charge in [-0.05, 0) is 30.7 Å². The van der Waals surface area contributed by atoms with Crippen molar-refractivity contribution in [1.82, 2.24) is 9.88 Å². The Hall–Kier alpha value is -2.31. The largest absolute Gasteiger partial charge is 0.473 e. The van der Waals surface area contributed by atoms with Crippen LogP contribution in [0.3, 0.4) is 0 Å². The number of carbonyl (C=O) groups excluding carboxylic acids is 1. The van der Waals surface area contributed by atoms with Gasteiger partial charge in [0.1, 0.15) is 11.1 Å². The Balaban J connectivity index is 1.36. The van der Waals surface area contributed by atoms with Gasteiger partial charge in [0, 0.05) is 50.9 Å². The summed E-state index contributed by atoms with van der Waals surface area (Å²) in [5.41, 5.74) is 2.94. The smallest absolute Gasteiger partial charge is 0.255 e. The van der Waals surface area contributed by atoms with Crippen LogP contribution in [-0.2, 0) is 4.74 Å². The van der Waals surface area contributed by atoms with Crippen molar-refractivity contribution < 1.29 is 14.3 Å². The Morgan fingerprint density at radius 1 is 1.17 bits per heavy atom. The number of benzene rings is 1. The van der Waals surface area contributed by atoms with E-state index in [9.17, 15) is 4.79 Å². The van der Waals surface area contributed by atoms with Crippen molar-refractivity contribution in [3.8, 4) is 5.88 Å². The lowest BCUT2D eigenvalue weighted by Crippen LogP contribution is -2.48. The summed E-state index contributed by atoms with van der Waals surface area (Å²) in [6.45, 7) is 6.42. The second-order valence-corrected chi connectivity index (χ2v) is 7.97. The fourth-order valence-electron chi connectivity index (χ4n) is 3.76. The molecule has 0 spiro atoms. The van der Waals surface area contributed by atoms with Crippen LogP contribution in [0.4, 0.5) is 5.69 Å². The number of amides is 1. The highest BCUT2D eigenvalue weighted by atomic mass is 35.5. The van der Waals surface area contributed by atoms with E-state index in [4.69, 9.17) is 21.1 Å². The van der Waals surface area contributed by atoms with Gasteiger partial charge >= 0.3 is 0 Å². The maximum atomic E-state index is 12.9. The third-order valence-corrected chi connectivity index (χ3v) is 5.71. The fourth-order valence-corrected chi connectivity index (χ4v) is 3.97. The molecular formula is C22H26ClN3O3. The molecule has 1 aromatic heterocycles. The van der Waals surface area contributed by atoms with Crippen molar-refractivity contribution in [1.29, 1.82) is 0 Å². The molecule has 0 N–H and O–H groups in total. The topological polar surface area (TPSA) is 54.9 Å². The van der Waals surface area contributed by atoms with E-state index in [1.807, 2.05) is 4.90 Å². The first-order valence-electron chi connectivity index (χ1n) is 10.1. The van der Waals surface area contributed by atoms with Crippen molar-refractivity contribution >= 4 is 23.2 Å². The van der Waals surface area contributed by atoms with Crippen molar-refractivity contribution in [2.45, 2.75) is 25.9 Å². The maximum absolute atomic E-state index is 12.9. The molecule has 0 atom stereocenters. The molecule has 29 heavy (non-hydrogen) atoms. The molecule has 0 saturated carbocycles. The predicted molar refractivity (Wildman–Crippen MR) is 113 cm³/mol.